The smallest absolute Gasteiger partial charge is 0.0115 e. The van der Waals surface area contributed by atoms with Crippen molar-refractivity contribution in [2.24, 2.45) is 11.1 Å². The summed E-state index contributed by atoms with van der Waals surface area (Å²) in [5, 5.41) is 5.70. The fourth-order valence-electron chi connectivity index (χ4n) is 1.68. The summed E-state index contributed by atoms with van der Waals surface area (Å²) in [5.74, 6) is 0. The van der Waals surface area contributed by atoms with Crippen molar-refractivity contribution in [1.29, 1.82) is 0 Å². The molecule has 98 valence electrons. The molecule has 0 fully saturated rings. The zero-order chi connectivity index (χ0) is 12.9. The molecule has 3 N–H and O–H groups in total. The van der Waals surface area contributed by atoms with Crippen molar-refractivity contribution in [3.63, 3.8) is 0 Å². The Bertz CT molecular complexity index is 315. The average molecular weight is 254 g/mol. The van der Waals surface area contributed by atoms with Crippen molar-refractivity contribution in [2.45, 2.75) is 39.5 Å². The molecule has 0 aromatic carbocycles. The van der Waals surface area contributed by atoms with E-state index in [1.807, 2.05) is 11.3 Å². The van der Waals surface area contributed by atoms with Gasteiger partial charge in [-0.25, -0.2) is 0 Å². The lowest BCUT2D eigenvalue weighted by Crippen LogP contribution is -2.35. The molecule has 0 spiro atoms. The van der Waals surface area contributed by atoms with Crippen molar-refractivity contribution >= 4 is 11.3 Å². The van der Waals surface area contributed by atoms with Crippen molar-refractivity contribution in [3.05, 3.63) is 22.4 Å². The Morgan fingerprint density at radius 1 is 1.29 bits per heavy atom. The van der Waals surface area contributed by atoms with Gasteiger partial charge in [0.2, 0.25) is 0 Å². The van der Waals surface area contributed by atoms with Crippen molar-refractivity contribution in [2.75, 3.05) is 19.6 Å². The Hall–Kier alpha value is -0.380. The molecule has 0 saturated carbocycles. The number of nitrogens with one attached hydrogen (secondary N) is 1. The molecule has 0 radical (unpaired) electrons. The number of rotatable bonds is 7. The molecule has 0 amide bonds. The summed E-state index contributed by atoms with van der Waals surface area (Å²) in [6.45, 7) is 11.8. The normalized spacial score (nSPS) is 13.0. The van der Waals surface area contributed by atoms with E-state index in [1.54, 1.807) is 0 Å². The third-order valence-electron chi connectivity index (χ3n) is 3.29. The first-order valence-corrected chi connectivity index (χ1v) is 7.20. The Kier molecular flexibility index (Phi) is 5.17. The zero-order valence-corrected chi connectivity index (χ0v) is 12.4. The molecule has 1 aromatic heterocycles. The molecule has 0 unspecified atom stereocenters. The molecule has 1 rings (SSSR count). The van der Waals surface area contributed by atoms with Gasteiger partial charge in [0.05, 0.1) is 0 Å². The third-order valence-corrected chi connectivity index (χ3v) is 4.52. The Labute approximate surface area is 110 Å². The van der Waals surface area contributed by atoms with Gasteiger partial charge in [-0.05, 0) is 36.4 Å². The second-order valence-electron chi connectivity index (χ2n) is 6.16. The molecule has 0 aliphatic rings. The maximum Gasteiger partial charge on any atom is 0.0115 e. The highest BCUT2D eigenvalue weighted by molar-refractivity contribution is 7.10. The van der Waals surface area contributed by atoms with Gasteiger partial charge in [-0.2, -0.15) is 0 Å². The standard InChI is InChI=1S/C14H26N2S/c1-13(2,10-15)7-8-16-11-14(3,4)12-6-5-9-17-12/h5-6,9,16H,7-8,10-11,15H2,1-4H3. The van der Waals surface area contributed by atoms with E-state index in [1.165, 1.54) is 4.88 Å². The maximum absolute atomic E-state index is 5.73. The van der Waals surface area contributed by atoms with Crippen molar-refractivity contribution in [1.82, 2.24) is 5.32 Å². The van der Waals surface area contributed by atoms with Crippen LogP contribution in [-0.4, -0.2) is 19.6 Å². The van der Waals surface area contributed by atoms with Crippen LogP contribution in [0.1, 0.15) is 39.0 Å². The topological polar surface area (TPSA) is 38.0 Å². The molecule has 0 saturated heterocycles. The molecule has 1 heterocycles. The van der Waals surface area contributed by atoms with E-state index in [0.29, 0.717) is 0 Å². The van der Waals surface area contributed by atoms with Crippen LogP contribution in [0.3, 0.4) is 0 Å². The summed E-state index contributed by atoms with van der Waals surface area (Å²) in [6, 6.07) is 4.34. The first-order valence-electron chi connectivity index (χ1n) is 6.32. The highest BCUT2D eigenvalue weighted by Crippen LogP contribution is 2.26. The van der Waals surface area contributed by atoms with Crippen LogP contribution in [0.15, 0.2) is 17.5 Å². The molecule has 3 heteroatoms. The second kappa shape index (κ2) is 5.98. The lowest BCUT2D eigenvalue weighted by Gasteiger charge is -2.26. The van der Waals surface area contributed by atoms with Gasteiger partial charge in [0.15, 0.2) is 0 Å². The van der Waals surface area contributed by atoms with E-state index in [0.717, 1.165) is 26.1 Å². The van der Waals surface area contributed by atoms with Gasteiger partial charge in [0.25, 0.3) is 0 Å². The first kappa shape index (κ1) is 14.7. The second-order valence-corrected chi connectivity index (χ2v) is 7.10. The summed E-state index contributed by atoms with van der Waals surface area (Å²) in [5.41, 5.74) is 6.20. The summed E-state index contributed by atoms with van der Waals surface area (Å²) < 4.78 is 0. The van der Waals surface area contributed by atoms with Crippen LogP contribution >= 0.6 is 11.3 Å². The molecule has 0 bridgehead atoms. The molecular weight excluding hydrogens is 228 g/mol. The first-order chi connectivity index (χ1) is 7.87. The highest BCUT2D eigenvalue weighted by Gasteiger charge is 2.21. The highest BCUT2D eigenvalue weighted by atomic mass is 32.1. The number of hydrogen-bond acceptors (Lipinski definition) is 3. The van der Waals surface area contributed by atoms with Gasteiger partial charge in [-0.15, -0.1) is 11.3 Å². The number of nitrogens with two attached hydrogens (primary N) is 1. The van der Waals surface area contributed by atoms with Crippen LogP contribution in [0, 0.1) is 5.41 Å². The average Bonchev–Trinajstić information content (AvgIpc) is 2.78. The van der Waals surface area contributed by atoms with Crippen LogP contribution in [-0.2, 0) is 5.41 Å². The van der Waals surface area contributed by atoms with Gasteiger partial charge in [0.1, 0.15) is 0 Å². The summed E-state index contributed by atoms with van der Waals surface area (Å²) in [4.78, 5) is 1.45. The predicted octanol–water partition coefficient (Wildman–Crippen LogP) is 2.99. The molecule has 17 heavy (non-hydrogen) atoms. The quantitative estimate of drug-likeness (QED) is 0.734. The predicted molar refractivity (Wildman–Crippen MR) is 77.7 cm³/mol. The Morgan fingerprint density at radius 2 is 2.00 bits per heavy atom. The van der Waals surface area contributed by atoms with Gasteiger partial charge < -0.3 is 11.1 Å². The van der Waals surface area contributed by atoms with Crippen LogP contribution in [0.25, 0.3) is 0 Å². The minimum absolute atomic E-state index is 0.223. The summed E-state index contributed by atoms with van der Waals surface area (Å²) in [6.07, 6.45) is 1.13. The third kappa shape index (κ3) is 4.78. The zero-order valence-electron chi connectivity index (χ0n) is 11.5. The largest absolute Gasteiger partial charge is 0.330 e. The van der Waals surface area contributed by atoms with E-state index >= 15 is 0 Å². The summed E-state index contributed by atoms with van der Waals surface area (Å²) >= 11 is 1.84. The van der Waals surface area contributed by atoms with Gasteiger partial charge in [-0.3, -0.25) is 0 Å². The molecule has 0 atom stereocenters. The monoisotopic (exact) mass is 254 g/mol. The van der Waals surface area contributed by atoms with E-state index in [9.17, 15) is 0 Å². The number of hydrogen-bond donors (Lipinski definition) is 2. The SMILES string of the molecule is CC(C)(CN)CCNCC(C)(C)c1cccs1. The fraction of sp³-hybridized carbons (Fsp3) is 0.714. The van der Waals surface area contributed by atoms with Gasteiger partial charge in [-0.1, -0.05) is 33.8 Å². The van der Waals surface area contributed by atoms with Crippen molar-refractivity contribution < 1.29 is 0 Å². The summed E-state index contributed by atoms with van der Waals surface area (Å²) in [7, 11) is 0. The fourth-order valence-corrected chi connectivity index (χ4v) is 2.53. The van der Waals surface area contributed by atoms with Gasteiger partial charge in [0, 0.05) is 16.8 Å². The van der Waals surface area contributed by atoms with E-state index in [2.05, 4.69) is 50.5 Å². The van der Waals surface area contributed by atoms with Crippen LogP contribution < -0.4 is 11.1 Å². The molecular formula is C14H26N2S. The van der Waals surface area contributed by atoms with Crippen molar-refractivity contribution in [3.8, 4) is 0 Å². The number of thiophene rings is 1. The minimum atomic E-state index is 0.223. The molecule has 0 aliphatic heterocycles. The molecule has 1 aromatic rings. The molecule has 0 aliphatic carbocycles. The van der Waals surface area contributed by atoms with Crippen LogP contribution in [0.4, 0.5) is 0 Å². The molecule has 2 nitrogen and oxygen atoms in total. The van der Waals surface area contributed by atoms with E-state index < -0.39 is 0 Å². The maximum atomic E-state index is 5.73. The van der Waals surface area contributed by atoms with E-state index in [4.69, 9.17) is 5.73 Å². The lowest BCUT2D eigenvalue weighted by atomic mass is 9.88. The van der Waals surface area contributed by atoms with Crippen LogP contribution in [0.2, 0.25) is 0 Å². The van der Waals surface area contributed by atoms with Crippen LogP contribution in [0.5, 0.6) is 0 Å². The Morgan fingerprint density at radius 3 is 2.53 bits per heavy atom. The van der Waals surface area contributed by atoms with E-state index in [-0.39, 0.29) is 10.8 Å². The Balaban J connectivity index is 2.32. The van der Waals surface area contributed by atoms with Gasteiger partial charge >= 0.3 is 0 Å². The lowest BCUT2D eigenvalue weighted by molar-refractivity contribution is 0.331. The minimum Gasteiger partial charge on any atom is -0.330 e.